The molecule has 3 rings (SSSR count). The molecule has 0 unspecified atom stereocenters. The molecule has 3 amide bonds. The van der Waals surface area contributed by atoms with Crippen LogP contribution in [0, 0.1) is 11.8 Å². The number of amides is 3. The molecule has 2 aliphatic heterocycles. The second kappa shape index (κ2) is 5.48. The number of nitrogens with one attached hydrogen (secondary N) is 1. The van der Waals surface area contributed by atoms with Gasteiger partial charge in [0.25, 0.3) is 0 Å². The fourth-order valence-electron chi connectivity index (χ4n) is 3.02. The van der Waals surface area contributed by atoms with Crippen LogP contribution in [0.4, 0.5) is 5.69 Å². The topological polar surface area (TPSA) is 69.7 Å². The van der Waals surface area contributed by atoms with Crippen LogP contribution in [0.5, 0.6) is 0 Å². The van der Waals surface area contributed by atoms with Crippen molar-refractivity contribution in [1.82, 2.24) is 10.2 Å². The lowest BCUT2D eigenvalue weighted by atomic mass is 10.0. The van der Waals surface area contributed by atoms with E-state index >= 15 is 0 Å². The summed E-state index contributed by atoms with van der Waals surface area (Å²) < 4.78 is 0. The first-order chi connectivity index (χ1) is 10.1. The van der Waals surface area contributed by atoms with Gasteiger partial charge in [-0.1, -0.05) is 0 Å². The minimum absolute atomic E-state index is 0.0111. The minimum Gasteiger partial charge on any atom is -0.347 e. The maximum Gasteiger partial charge on any atom is 0.241 e. The van der Waals surface area contributed by atoms with Crippen molar-refractivity contribution < 1.29 is 14.4 Å². The van der Waals surface area contributed by atoms with E-state index in [4.69, 9.17) is 0 Å². The van der Waals surface area contributed by atoms with Gasteiger partial charge in [0.2, 0.25) is 17.7 Å². The summed E-state index contributed by atoms with van der Waals surface area (Å²) in [5, 5.41) is 6.44. The van der Waals surface area contributed by atoms with Crippen molar-refractivity contribution in [3.63, 3.8) is 0 Å². The smallest absolute Gasteiger partial charge is 0.241 e. The lowest BCUT2D eigenvalue weighted by molar-refractivity contribution is -0.132. The van der Waals surface area contributed by atoms with Crippen LogP contribution in [0.1, 0.15) is 6.92 Å². The molecule has 2 atom stereocenters. The van der Waals surface area contributed by atoms with Gasteiger partial charge in [0.15, 0.2) is 0 Å². The molecule has 6 nitrogen and oxygen atoms in total. The van der Waals surface area contributed by atoms with Crippen molar-refractivity contribution in [2.75, 3.05) is 31.1 Å². The molecular formula is C14H17N3O3S. The lowest BCUT2D eigenvalue weighted by Gasteiger charge is -2.21. The summed E-state index contributed by atoms with van der Waals surface area (Å²) in [7, 11) is 0. The highest BCUT2D eigenvalue weighted by molar-refractivity contribution is 7.08. The summed E-state index contributed by atoms with van der Waals surface area (Å²) in [6.07, 6.45) is 0. The molecule has 3 heterocycles. The Kier molecular flexibility index (Phi) is 3.67. The van der Waals surface area contributed by atoms with E-state index in [0.717, 1.165) is 5.69 Å². The molecule has 0 spiro atoms. The van der Waals surface area contributed by atoms with Crippen molar-refractivity contribution in [2.45, 2.75) is 6.92 Å². The molecular weight excluding hydrogens is 290 g/mol. The van der Waals surface area contributed by atoms with Crippen LogP contribution in [-0.2, 0) is 14.4 Å². The molecule has 2 saturated heterocycles. The molecule has 0 saturated carbocycles. The first-order valence-electron chi connectivity index (χ1n) is 6.92. The van der Waals surface area contributed by atoms with Gasteiger partial charge in [-0.25, -0.2) is 0 Å². The average Bonchev–Trinajstić information content (AvgIpc) is 3.13. The monoisotopic (exact) mass is 307 g/mol. The Bertz CT molecular complexity index is 572. The minimum atomic E-state index is -0.220. The zero-order valence-electron chi connectivity index (χ0n) is 11.7. The Morgan fingerprint density at radius 2 is 2.19 bits per heavy atom. The SMILES string of the molecule is CC(=O)NCC(=O)N1C[C@@H]2CN(c3ccsc3)C(=O)[C@@H]2C1. The second-order valence-corrected chi connectivity index (χ2v) is 6.29. The van der Waals surface area contributed by atoms with Crippen LogP contribution >= 0.6 is 11.3 Å². The molecule has 21 heavy (non-hydrogen) atoms. The number of hydrogen-bond acceptors (Lipinski definition) is 4. The first-order valence-corrected chi connectivity index (χ1v) is 7.86. The van der Waals surface area contributed by atoms with E-state index in [-0.39, 0.29) is 36.1 Å². The Labute approximate surface area is 126 Å². The molecule has 1 aromatic rings. The average molecular weight is 307 g/mol. The summed E-state index contributed by atoms with van der Waals surface area (Å²) in [4.78, 5) is 38.8. The van der Waals surface area contributed by atoms with Crippen molar-refractivity contribution in [2.24, 2.45) is 11.8 Å². The van der Waals surface area contributed by atoms with Crippen LogP contribution in [0.3, 0.4) is 0 Å². The highest BCUT2D eigenvalue weighted by atomic mass is 32.1. The highest BCUT2D eigenvalue weighted by Crippen LogP contribution is 2.35. The maximum atomic E-state index is 12.4. The largest absolute Gasteiger partial charge is 0.347 e. The zero-order valence-corrected chi connectivity index (χ0v) is 12.6. The Morgan fingerprint density at radius 1 is 1.38 bits per heavy atom. The van der Waals surface area contributed by atoms with E-state index in [0.29, 0.717) is 19.6 Å². The summed E-state index contributed by atoms with van der Waals surface area (Å²) >= 11 is 1.57. The molecule has 0 aromatic carbocycles. The van der Waals surface area contributed by atoms with Gasteiger partial charge in [-0.3, -0.25) is 14.4 Å². The molecule has 0 bridgehead atoms. The summed E-state index contributed by atoms with van der Waals surface area (Å²) in [6.45, 7) is 3.12. The molecule has 112 valence electrons. The number of rotatable bonds is 3. The van der Waals surface area contributed by atoms with Crippen LogP contribution < -0.4 is 10.2 Å². The van der Waals surface area contributed by atoms with Gasteiger partial charge in [-0.15, -0.1) is 0 Å². The van der Waals surface area contributed by atoms with Crippen LogP contribution in [0.15, 0.2) is 16.8 Å². The Balaban J connectivity index is 1.61. The molecule has 0 aliphatic carbocycles. The zero-order chi connectivity index (χ0) is 15.0. The number of hydrogen-bond donors (Lipinski definition) is 1. The number of anilines is 1. The van der Waals surface area contributed by atoms with Gasteiger partial charge in [0.1, 0.15) is 0 Å². The van der Waals surface area contributed by atoms with E-state index in [1.54, 1.807) is 16.2 Å². The second-order valence-electron chi connectivity index (χ2n) is 5.51. The molecule has 0 radical (unpaired) electrons. The predicted octanol–water partition coefficient (Wildman–Crippen LogP) is 0.305. The summed E-state index contributed by atoms with van der Waals surface area (Å²) in [5.41, 5.74) is 0.954. The van der Waals surface area contributed by atoms with E-state index in [2.05, 4.69) is 5.32 Å². The van der Waals surface area contributed by atoms with Gasteiger partial charge in [-0.2, -0.15) is 11.3 Å². The van der Waals surface area contributed by atoms with Crippen molar-refractivity contribution in [3.8, 4) is 0 Å². The van der Waals surface area contributed by atoms with E-state index in [9.17, 15) is 14.4 Å². The van der Waals surface area contributed by atoms with Crippen molar-refractivity contribution >= 4 is 34.7 Å². The summed E-state index contributed by atoms with van der Waals surface area (Å²) in [5.74, 6) is -0.144. The third-order valence-corrected chi connectivity index (χ3v) is 4.77. The Morgan fingerprint density at radius 3 is 2.81 bits per heavy atom. The van der Waals surface area contributed by atoms with Gasteiger partial charge in [0, 0.05) is 37.9 Å². The van der Waals surface area contributed by atoms with Crippen molar-refractivity contribution in [1.29, 1.82) is 0 Å². The van der Waals surface area contributed by atoms with Gasteiger partial charge in [-0.05, 0) is 11.4 Å². The highest BCUT2D eigenvalue weighted by Gasteiger charge is 2.47. The third kappa shape index (κ3) is 2.65. The van der Waals surface area contributed by atoms with E-state index in [1.807, 2.05) is 21.7 Å². The number of carbonyl (C=O) groups excluding carboxylic acids is 3. The number of carbonyl (C=O) groups is 3. The Hall–Kier alpha value is -1.89. The number of thiophene rings is 1. The van der Waals surface area contributed by atoms with Crippen molar-refractivity contribution in [3.05, 3.63) is 16.8 Å². The molecule has 2 aliphatic rings. The molecule has 2 fully saturated rings. The molecule has 7 heteroatoms. The van der Waals surface area contributed by atoms with Crippen LogP contribution in [0.25, 0.3) is 0 Å². The lowest BCUT2D eigenvalue weighted by Crippen LogP contribution is -2.40. The normalized spacial score (nSPS) is 24.3. The van der Waals surface area contributed by atoms with Gasteiger partial charge in [0.05, 0.1) is 18.2 Å². The van der Waals surface area contributed by atoms with E-state index < -0.39 is 0 Å². The fraction of sp³-hybridized carbons (Fsp3) is 0.500. The standard InChI is InChI=1S/C14H17N3O3S/c1-9(18)15-4-13(19)16-5-10-6-17(11-2-3-21-8-11)14(20)12(10)7-16/h2-3,8,10,12H,4-7H2,1H3,(H,15,18)/t10-,12-/m1/s1. The third-order valence-electron chi connectivity index (χ3n) is 4.10. The summed E-state index contributed by atoms with van der Waals surface area (Å²) in [6, 6.07) is 1.95. The number of fused-ring (bicyclic) bond motifs is 1. The van der Waals surface area contributed by atoms with Gasteiger partial charge < -0.3 is 15.1 Å². The number of nitrogens with zero attached hydrogens (tertiary/aromatic N) is 2. The van der Waals surface area contributed by atoms with Crippen LogP contribution in [0.2, 0.25) is 0 Å². The quantitative estimate of drug-likeness (QED) is 0.873. The molecule has 1 N–H and O–H groups in total. The van der Waals surface area contributed by atoms with Crippen LogP contribution in [-0.4, -0.2) is 48.8 Å². The first kappa shape index (κ1) is 14.1. The fourth-order valence-corrected chi connectivity index (χ4v) is 3.66. The number of likely N-dealkylation sites (tertiary alicyclic amines) is 1. The predicted molar refractivity (Wildman–Crippen MR) is 78.9 cm³/mol. The maximum absolute atomic E-state index is 12.4. The van der Waals surface area contributed by atoms with E-state index in [1.165, 1.54) is 6.92 Å². The molecule has 1 aromatic heterocycles. The van der Waals surface area contributed by atoms with Gasteiger partial charge >= 0.3 is 0 Å².